The maximum absolute atomic E-state index is 12.8. The van der Waals surface area contributed by atoms with E-state index in [2.05, 4.69) is 18.5 Å². The average Bonchev–Trinajstić information content (AvgIpc) is 2.36. The second kappa shape index (κ2) is 7.03. The maximum Gasteiger partial charge on any atom is 0.246 e. The Hall–Kier alpha value is -0.710. The third kappa shape index (κ3) is 4.38. The SMILES string of the molecule is CSC(C)CCN1C(=O)C(C(C)(C)C)NC(=O)C1C(C)C. The fourth-order valence-corrected chi connectivity index (χ4v) is 3.01. The van der Waals surface area contributed by atoms with Gasteiger partial charge in [0.2, 0.25) is 11.8 Å². The van der Waals surface area contributed by atoms with Gasteiger partial charge in [0.15, 0.2) is 0 Å². The molecule has 1 aliphatic heterocycles. The summed E-state index contributed by atoms with van der Waals surface area (Å²) in [4.78, 5) is 27.1. The molecule has 0 radical (unpaired) electrons. The summed E-state index contributed by atoms with van der Waals surface area (Å²) < 4.78 is 0. The third-order valence-corrected chi connectivity index (χ3v) is 5.14. The third-order valence-electron chi connectivity index (χ3n) is 4.10. The Morgan fingerprint density at radius 1 is 1.24 bits per heavy atom. The first-order valence-corrected chi connectivity index (χ1v) is 9.02. The van der Waals surface area contributed by atoms with Crippen molar-refractivity contribution in [3.8, 4) is 0 Å². The lowest BCUT2D eigenvalue weighted by Gasteiger charge is -2.45. The Morgan fingerprint density at radius 3 is 2.24 bits per heavy atom. The van der Waals surface area contributed by atoms with Crippen LogP contribution in [0.15, 0.2) is 0 Å². The van der Waals surface area contributed by atoms with Crippen LogP contribution < -0.4 is 5.32 Å². The summed E-state index contributed by atoms with van der Waals surface area (Å²) in [6.45, 7) is 12.8. The van der Waals surface area contributed by atoms with Gasteiger partial charge in [0.1, 0.15) is 12.1 Å². The molecule has 0 aromatic carbocycles. The highest BCUT2D eigenvalue weighted by Gasteiger charge is 2.45. The number of hydrogen-bond acceptors (Lipinski definition) is 3. The summed E-state index contributed by atoms with van der Waals surface area (Å²) in [6.07, 6.45) is 2.99. The normalized spacial score (nSPS) is 25.2. The minimum atomic E-state index is -0.426. The van der Waals surface area contributed by atoms with Crippen molar-refractivity contribution in [2.24, 2.45) is 11.3 Å². The average molecular weight is 314 g/mol. The van der Waals surface area contributed by atoms with Gasteiger partial charge in [-0.05, 0) is 24.0 Å². The molecule has 4 nitrogen and oxygen atoms in total. The lowest BCUT2D eigenvalue weighted by molar-refractivity contribution is -0.154. The van der Waals surface area contributed by atoms with Gasteiger partial charge < -0.3 is 10.2 Å². The molecule has 3 unspecified atom stereocenters. The number of nitrogens with zero attached hydrogens (tertiary/aromatic N) is 1. The molecular formula is C16H30N2O2S. The van der Waals surface area contributed by atoms with Gasteiger partial charge >= 0.3 is 0 Å². The number of hydrogen-bond donors (Lipinski definition) is 1. The quantitative estimate of drug-likeness (QED) is 0.848. The number of nitrogens with one attached hydrogen (secondary N) is 1. The number of rotatable bonds is 5. The first-order chi connectivity index (χ1) is 9.59. The molecule has 21 heavy (non-hydrogen) atoms. The van der Waals surface area contributed by atoms with Crippen LogP contribution in [0.4, 0.5) is 0 Å². The van der Waals surface area contributed by atoms with E-state index in [4.69, 9.17) is 0 Å². The molecule has 1 heterocycles. The molecule has 0 bridgehead atoms. The van der Waals surface area contributed by atoms with Crippen LogP contribution in [0, 0.1) is 11.3 Å². The van der Waals surface area contributed by atoms with Gasteiger partial charge in [-0.1, -0.05) is 41.5 Å². The summed E-state index contributed by atoms with van der Waals surface area (Å²) in [5.74, 6) is 0.176. The van der Waals surface area contributed by atoms with E-state index < -0.39 is 6.04 Å². The van der Waals surface area contributed by atoms with Crippen molar-refractivity contribution < 1.29 is 9.59 Å². The summed E-state index contributed by atoms with van der Waals surface area (Å²) in [6, 6.07) is -0.769. The number of carbonyl (C=O) groups is 2. The maximum atomic E-state index is 12.8. The van der Waals surface area contributed by atoms with E-state index >= 15 is 0 Å². The highest BCUT2D eigenvalue weighted by Crippen LogP contribution is 2.28. The number of amides is 2. The van der Waals surface area contributed by atoms with Crippen LogP contribution in [0.2, 0.25) is 0 Å². The van der Waals surface area contributed by atoms with E-state index in [0.29, 0.717) is 11.8 Å². The van der Waals surface area contributed by atoms with Crippen molar-refractivity contribution in [3.63, 3.8) is 0 Å². The largest absolute Gasteiger partial charge is 0.342 e. The molecule has 1 N–H and O–H groups in total. The number of thioether (sulfide) groups is 1. The van der Waals surface area contributed by atoms with Crippen LogP contribution in [-0.2, 0) is 9.59 Å². The second-order valence-corrected chi connectivity index (χ2v) is 8.64. The van der Waals surface area contributed by atoms with Crippen LogP contribution in [0.25, 0.3) is 0 Å². The van der Waals surface area contributed by atoms with Crippen molar-refractivity contribution in [1.29, 1.82) is 0 Å². The minimum Gasteiger partial charge on any atom is -0.342 e. The van der Waals surface area contributed by atoms with Crippen LogP contribution in [-0.4, -0.2) is 46.8 Å². The molecule has 122 valence electrons. The molecule has 0 spiro atoms. The summed E-state index contributed by atoms with van der Waals surface area (Å²) in [5.41, 5.74) is -0.266. The van der Waals surface area contributed by atoms with E-state index in [0.717, 1.165) is 6.42 Å². The molecule has 5 heteroatoms. The van der Waals surface area contributed by atoms with Gasteiger partial charge in [-0.15, -0.1) is 0 Å². The Kier molecular flexibility index (Phi) is 6.14. The molecule has 0 aromatic rings. The zero-order valence-corrected chi connectivity index (χ0v) is 15.2. The van der Waals surface area contributed by atoms with Crippen LogP contribution >= 0.6 is 11.8 Å². The molecule has 1 aliphatic rings. The van der Waals surface area contributed by atoms with E-state index in [-0.39, 0.29) is 29.2 Å². The van der Waals surface area contributed by atoms with Gasteiger partial charge in [-0.3, -0.25) is 9.59 Å². The molecule has 0 aromatic heterocycles. The highest BCUT2D eigenvalue weighted by molar-refractivity contribution is 7.99. The van der Waals surface area contributed by atoms with Crippen LogP contribution in [0.3, 0.4) is 0 Å². The topological polar surface area (TPSA) is 49.4 Å². The number of piperazine rings is 1. The molecule has 0 aliphatic carbocycles. The summed E-state index contributed by atoms with van der Waals surface area (Å²) >= 11 is 1.79. The van der Waals surface area contributed by atoms with Crippen molar-refractivity contribution in [2.75, 3.05) is 12.8 Å². The van der Waals surface area contributed by atoms with Crippen molar-refractivity contribution in [3.05, 3.63) is 0 Å². The van der Waals surface area contributed by atoms with E-state index in [9.17, 15) is 9.59 Å². The van der Waals surface area contributed by atoms with E-state index in [1.165, 1.54) is 0 Å². The van der Waals surface area contributed by atoms with E-state index in [1.807, 2.05) is 39.5 Å². The fraction of sp³-hybridized carbons (Fsp3) is 0.875. The van der Waals surface area contributed by atoms with Crippen LogP contribution in [0.1, 0.15) is 48.0 Å². The monoisotopic (exact) mass is 314 g/mol. The molecule has 1 fully saturated rings. The second-order valence-electron chi connectivity index (χ2n) is 7.36. The number of carbonyl (C=O) groups excluding carboxylic acids is 2. The molecule has 3 atom stereocenters. The zero-order valence-electron chi connectivity index (χ0n) is 14.4. The predicted octanol–water partition coefficient (Wildman–Crippen LogP) is 2.53. The summed E-state index contributed by atoms with van der Waals surface area (Å²) in [7, 11) is 0. The first-order valence-electron chi connectivity index (χ1n) is 7.73. The first kappa shape index (κ1) is 18.3. The van der Waals surface area contributed by atoms with Crippen LogP contribution in [0.5, 0.6) is 0 Å². The fourth-order valence-electron chi connectivity index (χ4n) is 2.67. The van der Waals surface area contributed by atoms with Gasteiger partial charge in [-0.25, -0.2) is 0 Å². The van der Waals surface area contributed by atoms with E-state index in [1.54, 1.807) is 11.8 Å². The summed E-state index contributed by atoms with van der Waals surface area (Å²) in [5, 5.41) is 3.42. The zero-order chi connectivity index (χ0) is 16.4. The van der Waals surface area contributed by atoms with Gasteiger partial charge in [0, 0.05) is 11.8 Å². The van der Waals surface area contributed by atoms with Gasteiger partial charge in [0.25, 0.3) is 0 Å². The Labute approximate surface area is 133 Å². The lowest BCUT2D eigenvalue weighted by atomic mass is 9.82. The molecule has 1 rings (SSSR count). The molecule has 0 saturated carbocycles. The Balaban J connectivity index is 2.98. The van der Waals surface area contributed by atoms with Crippen molar-refractivity contribution in [1.82, 2.24) is 10.2 Å². The Bertz CT molecular complexity index is 390. The van der Waals surface area contributed by atoms with Crippen molar-refractivity contribution in [2.45, 2.75) is 65.3 Å². The molecule has 1 saturated heterocycles. The van der Waals surface area contributed by atoms with Gasteiger partial charge in [-0.2, -0.15) is 11.8 Å². The Morgan fingerprint density at radius 2 is 1.81 bits per heavy atom. The highest BCUT2D eigenvalue weighted by atomic mass is 32.2. The van der Waals surface area contributed by atoms with Gasteiger partial charge in [0.05, 0.1) is 0 Å². The lowest BCUT2D eigenvalue weighted by Crippen LogP contribution is -2.67. The predicted molar refractivity (Wildman–Crippen MR) is 89.3 cm³/mol. The molecular weight excluding hydrogens is 284 g/mol. The molecule has 2 amide bonds. The standard InChI is InChI=1S/C16H30N2O2S/c1-10(2)12-14(19)17-13(16(4,5)6)15(20)18(12)9-8-11(3)21-7/h10-13H,8-9H2,1-7H3,(H,17,19). The minimum absolute atomic E-state index is 0.0127. The van der Waals surface area contributed by atoms with Crippen molar-refractivity contribution >= 4 is 23.6 Å². The smallest absolute Gasteiger partial charge is 0.246 e.